The number of nitrogens with zero attached hydrogens (tertiary/aromatic N) is 4. The molecule has 0 aliphatic rings. The normalized spacial score (nSPS) is 11.1. The number of hydrogen-bond acceptors (Lipinski definition) is 5. The molecule has 0 aromatic carbocycles. The lowest BCUT2D eigenvalue weighted by Gasteiger charge is -2.21. The van der Waals surface area contributed by atoms with Crippen LogP contribution in [0.4, 0.5) is 0 Å². The van der Waals surface area contributed by atoms with Crippen LogP contribution in [-0.2, 0) is 22.6 Å². The average molecular weight is 426 g/mol. The van der Waals surface area contributed by atoms with Gasteiger partial charge in [-0.25, -0.2) is 0 Å². The summed E-state index contributed by atoms with van der Waals surface area (Å²) in [6, 6.07) is 0. The Kier molecular flexibility index (Phi) is 12.7. The molecule has 29 heavy (non-hydrogen) atoms. The molecule has 0 saturated carbocycles. The van der Waals surface area contributed by atoms with Crippen molar-refractivity contribution >= 4 is 23.6 Å². The minimum Gasteiger partial charge on any atom is -0.356 e. The van der Waals surface area contributed by atoms with Crippen LogP contribution in [0.2, 0.25) is 0 Å². The number of hydrogen-bond donors (Lipinski definition) is 1. The highest BCUT2D eigenvalue weighted by Gasteiger charge is 2.14. The van der Waals surface area contributed by atoms with Gasteiger partial charge in [0.15, 0.2) is 5.16 Å². The van der Waals surface area contributed by atoms with Crippen LogP contribution in [-0.4, -0.2) is 57.4 Å². The molecule has 1 rings (SSSR count). The number of nitrogens with one attached hydrogen (secondary N) is 1. The van der Waals surface area contributed by atoms with E-state index in [0.717, 1.165) is 56.3 Å². The molecule has 1 aromatic heterocycles. The van der Waals surface area contributed by atoms with Crippen molar-refractivity contribution < 1.29 is 9.59 Å². The second-order valence-corrected chi connectivity index (χ2v) is 8.57. The van der Waals surface area contributed by atoms with Gasteiger partial charge < -0.3 is 14.8 Å². The number of aromatic nitrogens is 3. The zero-order valence-electron chi connectivity index (χ0n) is 18.9. The largest absolute Gasteiger partial charge is 0.356 e. The van der Waals surface area contributed by atoms with Gasteiger partial charge in [0.2, 0.25) is 11.8 Å². The standard InChI is InChI=1S/C21H39N5O2S/c1-6-14-25(15-7-2)20(28)12-8-11-19(27)22-13-9-10-18-23-24-21(29-5)26(18)16-17(3)4/h17H,6-16H2,1-5H3,(H,22,27). The highest BCUT2D eigenvalue weighted by molar-refractivity contribution is 7.98. The summed E-state index contributed by atoms with van der Waals surface area (Å²) in [4.78, 5) is 26.2. The van der Waals surface area contributed by atoms with E-state index >= 15 is 0 Å². The molecule has 0 radical (unpaired) electrons. The molecule has 1 heterocycles. The predicted octanol–water partition coefficient (Wildman–Crippen LogP) is 3.52. The van der Waals surface area contributed by atoms with Gasteiger partial charge in [0.05, 0.1) is 0 Å². The topological polar surface area (TPSA) is 80.1 Å². The van der Waals surface area contributed by atoms with Crippen LogP contribution in [0.15, 0.2) is 5.16 Å². The molecule has 0 fully saturated rings. The Hall–Kier alpha value is -1.57. The first-order valence-electron chi connectivity index (χ1n) is 10.9. The van der Waals surface area contributed by atoms with Crippen molar-refractivity contribution in [3.8, 4) is 0 Å². The third-order valence-corrected chi connectivity index (χ3v) is 5.22. The highest BCUT2D eigenvalue weighted by atomic mass is 32.2. The van der Waals surface area contributed by atoms with E-state index in [1.54, 1.807) is 11.8 Å². The first-order chi connectivity index (χ1) is 13.9. The Labute approximate surface area is 180 Å². The summed E-state index contributed by atoms with van der Waals surface area (Å²) in [5.74, 6) is 1.69. The Balaban J connectivity index is 2.29. The van der Waals surface area contributed by atoms with Crippen LogP contribution in [0.1, 0.15) is 72.0 Å². The smallest absolute Gasteiger partial charge is 0.222 e. The quantitative estimate of drug-likeness (QED) is 0.343. The van der Waals surface area contributed by atoms with Crippen molar-refractivity contribution in [3.05, 3.63) is 5.82 Å². The summed E-state index contributed by atoms with van der Waals surface area (Å²) in [5, 5.41) is 12.5. The SMILES string of the molecule is CCCN(CCC)C(=O)CCCC(=O)NCCCc1nnc(SC)n1CC(C)C. The van der Waals surface area contributed by atoms with Crippen LogP contribution in [0.5, 0.6) is 0 Å². The fourth-order valence-electron chi connectivity index (χ4n) is 3.23. The number of rotatable bonds is 15. The second kappa shape index (κ2) is 14.4. The second-order valence-electron chi connectivity index (χ2n) is 7.80. The first-order valence-corrected chi connectivity index (χ1v) is 12.2. The number of aryl methyl sites for hydroxylation is 1. The van der Waals surface area contributed by atoms with Gasteiger partial charge in [0.25, 0.3) is 0 Å². The van der Waals surface area contributed by atoms with E-state index in [1.165, 1.54) is 0 Å². The van der Waals surface area contributed by atoms with Gasteiger partial charge in [-0.2, -0.15) is 0 Å². The van der Waals surface area contributed by atoms with Crippen LogP contribution >= 0.6 is 11.8 Å². The Morgan fingerprint density at radius 1 is 1.10 bits per heavy atom. The fraction of sp³-hybridized carbons (Fsp3) is 0.810. The zero-order chi connectivity index (χ0) is 21.6. The minimum atomic E-state index is 0.0174. The lowest BCUT2D eigenvalue weighted by molar-refractivity contribution is -0.131. The summed E-state index contributed by atoms with van der Waals surface area (Å²) in [7, 11) is 0. The van der Waals surface area contributed by atoms with Crippen molar-refractivity contribution in [2.24, 2.45) is 5.92 Å². The molecule has 0 spiro atoms. The third-order valence-electron chi connectivity index (χ3n) is 4.56. The van der Waals surface area contributed by atoms with Crippen LogP contribution < -0.4 is 5.32 Å². The van der Waals surface area contributed by atoms with Gasteiger partial charge in [0.1, 0.15) is 5.82 Å². The summed E-state index contributed by atoms with van der Waals surface area (Å²) in [6.07, 6.45) is 7.03. The van der Waals surface area contributed by atoms with Gasteiger partial charge in [-0.1, -0.05) is 39.5 Å². The van der Waals surface area contributed by atoms with Gasteiger partial charge in [-0.3, -0.25) is 9.59 Å². The maximum absolute atomic E-state index is 12.2. The van der Waals surface area contributed by atoms with E-state index in [-0.39, 0.29) is 11.8 Å². The van der Waals surface area contributed by atoms with Crippen molar-refractivity contribution in [3.63, 3.8) is 0 Å². The molecule has 0 saturated heterocycles. The molecule has 0 unspecified atom stereocenters. The Bertz CT molecular complexity index is 612. The average Bonchev–Trinajstić information content (AvgIpc) is 3.05. The van der Waals surface area contributed by atoms with E-state index in [0.29, 0.717) is 31.7 Å². The van der Waals surface area contributed by atoms with Crippen molar-refractivity contribution in [2.75, 3.05) is 25.9 Å². The van der Waals surface area contributed by atoms with Crippen LogP contribution in [0.3, 0.4) is 0 Å². The number of amides is 2. The zero-order valence-corrected chi connectivity index (χ0v) is 19.7. The van der Waals surface area contributed by atoms with E-state index in [1.807, 2.05) is 11.2 Å². The molecule has 1 N–H and O–H groups in total. The van der Waals surface area contributed by atoms with Gasteiger partial charge in [-0.15, -0.1) is 10.2 Å². The molecule has 2 amide bonds. The van der Waals surface area contributed by atoms with Crippen LogP contribution in [0.25, 0.3) is 0 Å². The maximum atomic E-state index is 12.2. The van der Waals surface area contributed by atoms with E-state index in [4.69, 9.17) is 0 Å². The van der Waals surface area contributed by atoms with Gasteiger partial charge in [-0.05, 0) is 37.9 Å². The summed E-state index contributed by atoms with van der Waals surface area (Å²) >= 11 is 1.61. The minimum absolute atomic E-state index is 0.0174. The van der Waals surface area contributed by atoms with E-state index in [9.17, 15) is 9.59 Å². The number of thioether (sulfide) groups is 1. The maximum Gasteiger partial charge on any atom is 0.222 e. The van der Waals surface area contributed by atoms with Crippen molar-refractivity contribution in [1.82, 2.24) is 25.0 Å². The fourth-order valence-corrected chi connectivity index (χ4v) is 3.75. The molecular weight excluding hydrogens is 386 g/mol. The van der Waals surface area contributed by atoms with E-state index < -0.39 is 0 Å². The molecule has 1 aromatic rings. The third kappa shape index (κ3) is 9.65. The molecule has 7 nitrogen and oxygen atoms in total. The number of carbonyl (C=O) groups excluding carboxylic acids is 2. The lowest BCUT2D eigenvalue weighted by Crippen LogP contribution is -2.32. The number of carbonyl (C=O) groups is 2. The van der Waals surface area contributed by atoms with Crippen molar-refractivity contribution in [2.45, 2.75) is 84.3 Å². The Morgan fingerprint density at radius 3 is 2.38 bits per heavy atom. The summed E-state index contributed by atoms with van der Waals surface area (Å²) in [5.41, 5.74) is 0. The monoisotopic (exact) mass is 425 g/mol. The molecule has 0 bridgehead atoms. The molecular formula is C21H39N5O2S. The molecule has 0 aliphatic heterocycles. The highest BCUT2D eigenvalue weighted by Crippen LogP contribution is 2.16. The molecule has 0 aliphatic carbocycles. The Morgan fingerprint density at radius 2 is 1.79 bits per heavy atom. The summed E-state index contributed by atoms with van der Waals surface area (Å²) in [6.45, 7) is 11.7. The van der Waals surface area contributed by atoms with Crippen LogP contribution in [0, 0.1) is 5.92 Å². The molecule has 8 heteroatoms. The summed E-state index contributed by atoms with van der Waals surface area (Å²) < 4.78 is 2.18. The van der Waals surface area contributed by atoms with Gasteiger partial charge in [0, 0.05) is 45.4 Å². The van der Waals surface area contributed by atoms with E-state index in [2.05, 4.69) is 47.8 Å². The van der Waals surface area contributed by atoms with Gasteiger partial charge >= 0.3 is 0 Å². The predicted molar refractivity (Wildman–Crippen MR) is 119 cm³/mol. The molecule has 166 valence electrons. The molecule has 0 atom stereocenters. The first kappa shape index (κ1) is 25.5. The van der Waals surface area contributed by atoms with Crippen molar-refractivity contribution in [1.29, 1.82) is 0 Å². The lowest BCUT2D eigenvalue weighted by atomic mass is 10.2.